The van der Waals surface area contributed by atoms with Crippen molar-refractivity contribution >= 4 is 58.8 Å². The lowest BCUT2D eigenvalue weighted by atomic mass is 10.2. The van der Waals surface area contributed by atoms with Crippen LogP contribution in [0.15, 0.2) is 6.33 Å². The van der Waals surface area contributed by atoms with Gasteiger partial charge in [0.1, 0.15) is 0 Å². The number of nitrogen functional groups attached to an aromatic ring is 1. The minimum Gasteiger partial charge on any atom is -0.476 e. The van der Waals surface area contributed by atoms with Crippen molar-refractivity contribution in [2.75, 3.05) is 18.9 Å². The van der Waals surface area contributed by atoms with Crippen molar-refractivity contribution in [3.8, 4) is 5.88 Å². The fourth-order valence-corrected chi connectivity index (χ4v) is 5.20. The highest BCUT2D eigenvalue weighted by molar-refractivity contribution is 8.07. The van der Waals surface area contributed by atoms with Gasteiger partial charge in [0.05, 0.1) is 31.7 Å². The van der Waals surface area contributed by atoms with Gasteiger partial charge in [0.25, 0.3) is 0 Å². The molecule has 29 heavy (non-hydrogen) atoms. The first-order valence-corrected chi connectivity index (χ1v) is 12.2. The molecule has 3 unspecified atom stereocenters. The van der Waals surface area contributed by atoms with E-state index >= 15 is 0 Å². The van der Waals surface area contributed by atoms with Crippen molar-refractivity contribution in [3.63, 3.8) is 0 Å². The molecule has 2 aromatic rings. The van der Waals surface area contributed by atoms with Crippen molar-refractivity contribution in [2.45, 2.75) is 50.0 Å². The molecule has 0 amide bonds. The van der Waals surface area contributed by atoms with Crippen molar-refractivity contribution in [3.05, 3.63) is 6.33 Å². The number of halogens is 2. The summed E-state index contributed by atoms with van der Waals surface area (Å²) in [6, 6.07) is 0. The van der Waals surface area contributed by atoms with Crippen molar-refractivity contribution in [2.24, 2.45) is 0 Å². The average molecular weight is 486 g/mol. The standard InChI is InChI=1S/C15H22Cl2N5O5PS/c1-4-24-12-10-11(20-14(18)21-12)22(7-19-10)13-15(16,17)5-9(26-13)6-25-28(23,29)27-8(2)3/h7-9,13H,4-6H2,1-3H3,(H,23,29)(H2,18,20,21). The number of fused-ring (bicyclic) bond motifs is 1. The second kappa shape index (κ2) is 8.76. The Morgan fingerprint density at radius 3 is 2.86 bits per heavy atom. The summed E-state index contributed by atoms with van der Waals surface area (Å²) in [6.45, 7) is 2.28. The third kappa shape index (κ3) is 5.29. The zero-order chi connectivity index (χ0) is 21.4. The van der Waals surface area contributed by atoms with Gasteiger partial charge in [-0.2, -0.15) is 9.97 Å². The van der Waals surface area contributed by atoms with E-state index in [9.17, 15) is 4.89 Å². The van der Waals surface area contributed by atoms with Crippen molar-refractivity contribution < 1.29 is 23.4 Å². The molecule has 0 saturated carbocycles. The monoisotopic (exact) mass is 485 g/mol. The Labute approximate surface area is 182 Å². The highest BCUT2D eigenvalue weighted by atomic mass is 35.5. The van der Waals surface area contributed by atoms with Gasteiger partial charge in [0.2, 0.25) is 11.8 Å². The van der Waals surface area contributed by atoms with Crippen LogP contribution in [0.5, 0.6) is 5.88 Å². The minimum atomic E-state index is -3.39. The molecule has 14 heteroatoms. The fourth-order valence-electron chi connectivity index (χ4n) is 2.89. The summed E-state index contributed by atoms with van der Waals surface area (Å²) in [7, 11) is 0. The van der Waals surface area contributed by atoms with Gasteiger partial charge in [-0.25, -0.2) is 4.98 Å². The lowest BCUT2D eigenvalue weighted by Crippen LogP contribution is -2.23. The zero-order valence-corrected chi connectivity index (χ0v) is 19.2. The molecule has 0 bridgehead atoms. The number of alkyl halides is 2. The Morgan fingerprint density at radius 1 is 1.48 bits per heavy atom. The van der Waals surface area contributed by atoms with Crippen LogP contribution in [-0.2, 0) is 25.6 Å². The maximum absolute atomic E-state index is 10.1. The van der Waals surface area contributed by atoms with Crippen LogP contribution >= 0.6 is 29.9 Å². The van der Waals surface area contributed by atoms with Crippen molar-refractivity contribution in [1.29, 1.82) is 0 Å². The van der Waals surface area contributed by atoms with Gasteiger partial charge in [-0.15, -0.1) is 0 Å². The molecule has 3 heterocycles. The summed E-state index contributed by atoms with van der Waals surface area (Å²) in [6.07, 6.45) is 0.0489. The van der Waals surface area contributed by atoms with Crippen LogP contribution in [-0.4, -0.2) is 54.2 Å². The van der Waals surface area contributed by atoms with Crippen LogP contribution in [0.1, 0.15) is 33.4 Å². The molecule has 10 nitrogen and oxygen atoms in total. The van der Waals surface area contributed by atoms with Gasteiger partial charge in [-0.1, -0.05) is 23.2 Å². The van der Waals surface area contributed by atoms with Crippen molar-refractivity contribution in [1.82, 2.24) is 19.5 Å². The van der Waals surface area contributed by atoms with Crippen LogP contribution in [0.25, 0.3) is 11.2 Å². The van der Waals surface area contributed by atoms with Crippen LogP contribution in [0.4, 0.5) is 5.95 Å². The first-order chi connectivity index (χ1) is 13.5. The van der Waals surface area contributed by atoms with Crippen LogP contribution in [0.3, 0.4) is 0 Å². The number of nitrogens with two attached hydrogens (primary N) is 1. The second-order valence-electron chi connectivity index (χ2n) is 6.64. The van der Waals surface area contributed by atoms with E-state index in [-0.39, 0.29) is 31.0 Å². The molecule has 1 fully saturated rings. The molecule has 1 saturated heterocycles. The number of imidazole rings is 1. The Hall–Kier alpha value is -0.780. The molecule has 0 spiro atoms. The summed E-state index contributed by atoms with van der Waals surface area (Å²) in [5, 5.41) is 0. The normalized spacial score (nSPS) is 23.6. The molecule has 3 N–H and O–H groups in total. The number of nitrogens with zero attached hydrogens (tertiary/aromatic N) is 4. The van der Waals surface area contributed by atoms with Crippen LogP contribution in [0, 0.1) is 0 Å². The lowest BCUT2D eigenvalue weighted by molar-refractivity contribution is -0.0214. The topological polar surface area (TPSA) is 127 Å². The minimum absolute atomic E-state index is 0.0159. The average Bonchev–Trinajstić information content (AvgIpc) is 3.12. The first kappa shape index (κ1) is 22.9. The maximum Gasteiger partial charge on any atom is 0.324 e. The van der Waals surface area contributed by atoms with Gasteiger partial charge < -0.3 is 29.1 Å². The molecule has 3 atom stereocenters. The number of ether oxygens (including phenoxy) is 2. The van der Waals surface area contributed by atoms with E-state index in [2.05, 4.69) is 15.0 Å². The van der Waals surface area contributed by atoms with E-state index in [0.717, 1.165) is 0 Å². The zero-order valence-electron chi connectivity index (χ0n) is 16.0. The summed E-state index contributed by atoms with van der Waals surface area (Å²) in [5.74, 6) is 0.273. The van der Waals surface area contributed by atoms with Gasteiger partial charge in [-0.3, -0.25) is 4.57 Å². The molecule has 3 rings (SSSR count). The van der Waals surface area contributed by atoms with E-state index < -0.39 is 23.4 Å². The molecular weight excluding hydrogens is 464 g/mol. The third-order valence-corrected chi connectivity index (χ3v) is 6.31. The lowest BCUT2D eigenvalue weighted by Gasteiger charge is -2.22. The summed E-state index contributed by atoms with van der Waals surface area (Å²) in [4.78, 5) is 22.6. The number of hydrogen-bond acceptors (Lipinski definition) is 9. The molecule has 1 aliphatic heterocycles. The number of rotatable bonds is 8. The van der Waals surface area contributed by atoms with Gasteiger partial charge in [0.15, 0.2) is 21.7 Å². The molecular formula is C15H22Cl2N5O5PS. The molecule has 1 aliphatic rings. The highest BCUT2D eigenvalue weighted by Crippen LogP contribution is 2.50. The molecule has 0 aliphatic carbocycles. The van der Waals surface area contributed by atoms with Gasteiger partial charge in [-0.05, 0) is 32.6 Å². The second-order valence-corrected chi connectivity index (χ2v) is 11.0. The Kier molecular flexibility index (Phi) is 6.92. The summed E-state index contributed by atoms with van der Waals surface area (Å²) < 4.78 is 22.3. The number of anilines is 1. The molecule has 2 aromatic heterocycles. The highest BCUT2D eigenvalue weighted by Gasteiger charge is 2.48. The third-order valence-electron chi connectivity index (χ3n) is 3.89. The van der Waals surface area contributed by atoms with Gasteiger partial charge >= 0.3 is 6.72 Å². The van der Waals surface area contributed by atoms with E-state index in [1.54, 1.807) is 18.4 Å². The van der Waals surface area contributed by atoms with Gasteiger partial charge in [0, 0.05) is 6.42 Å². The SMILES string of the molecule is CCOc1nc(N)nc2c1ncn2C1OC(COP(O)(=S)OC(C)C)CC1(Cl)Cl. The van der Waals surface area contributed by atoms with E-state index in [0.29, 0.717) is 17.8 Å². The Bertz CT molecular complexity index is 930. The summed E-state index contributed by atoms with van der Waals surface area (Å²) in [5.41, 5.74) is 6.57. The molecule has 0 radical (unpaired) electrons. The number of aromatic nitrogens is 4. The first-order valence-electron chi connectivity index (χ1n) is 8.84. The Morgan fingerprint density at radius 2 is 2.21 bits per heavy atom. The number of hydrogen-bond donors (Lipinski definition) is 2. The molecule has 162 valence electrons. The Balaban J connectivity index is 1.82. The van der Waals surface area contributed by atoms with Crippen LogP contribution < -0.4 is 10.5 Å². The van der Waals surface area contributed by atoms with Crippen LogP contribution in [0.2, 0.25) is 0 Å². The molecule has 0 aromatic carbocycles. The fraction of sp³-hybridized carbons (Fsp3) is 0.667. The van der Waals surface area contributed by atoms with E-state index in [4.69, 9.17) is 59.3 Å². The maximum atomic E-state index is 10.1. The predicted octanol–water partition coefficient (Wildman–Crippen LogP) is 2.93. The quantitative estimate of drug-likeness (QED) is 0.425. The largest absolute Gasteiger partial charge is 0.476 e. The van der Waals surface area contributed by atoms with E-state index in [1.807, 2.05) is 6.92 Å². The summed E-state index contributed by atoms with van der Waals surface area (Å²) >= 11 is 18.0. The van der Waals surface area contributed by atoms with E-state index in [1.165, 1.54) is 6.33 Å². The predicted molar refractivity (Wildman–Crippen MR) is 113 cm³/mol. The smallest absolute Gasteiger partial charge is 0.324 e.